The van der Waals surface area contributed by atoms with Crippen molar-refractivity contribution in [2.75, 3.05) is 27.2 Å². The van der Waals surface area contributed by atoms with Gasteiger partial charge in [0.2, 0.25) is 0 Å². The van der Waals surface area contributed by atoms with Crippen LogP contribution < -0.4 is 5.32 Å². The zero-order valence-electron chi connectivity index (χ0n) is 8.80. The maximum absolute atomic E-state index is 4.16. The molecule has 0 bridgehead atoms. The highest BCUT2D eigenvalue weighted by atomic mass is 15.2. The van der Waals surface area contributed by atoms with Crippen molar-refractivity contribution >= 4 is 6.21 Å². The first-order valence-electron chi connectivity index (χ1n) is 4.32. The van der Waals surface area contributed by atoms with Gasteiger partial charge < -0.3 is 10.2 Å². The summed E-state index contributed by atoms with van der Waals surface area (Å²) in [5.74, 6) is 0.762. The summed E-state index contributed by atoms with van der Waals surface area (Å²) < 4.78 is 0. The molecule has 3 heteroatoms. The van der Waals surface area contributed by atoms with Gasteiger partial charge in [0.05, 0.1) is 0 Å². The third-order valence-electron chi connectivity index (χ3n) is 1.57. The van der Waals surface area contributed by atoms with Gasteiger partial charge in [-0.2, -0.15) is 0 Å². The topological polar surface area (TPSA) is 27.6 Å². The number of rotatable bonds is 6. The maximum atomic E-state index is 4.16. The second kappa shape index (κ2) is 6.43. The van der Waals surface area contributed by atoms with E-state index in [4.69, 9.17) is 0 Å². The number of nitrogens with one attached hydrogen (secondary N) is 1. The minimum absolute atomic E-state index is 0.762. The molecule has 0 amide bonds. The van der Waals surface area contributed by atoms with E-state index in [-0.39, 0.29) is 0 Å². The van der Waals surface area contributed by atoms with Crippen LogP contribution in [0, 0.1) is 0 Å². The van der Waals surface area contributed by atoms with Crippen molar-refractivity contribution in [3.63, 3.8) is 0 Å². The molecule has 13 heavy (non-hydrogen) atoms. The predicted octanol–water partition coefficient (Wildman–Crippen LogP) is 1.26. The molecule has 0 atom stereocenters. The fourth-order valence-electron chi connectivity index (χ4n) is 0.692. The van der Waals surface area contributed by atoms with Crippen LogP contribution in [0.15, 0.2) is 29.5 Å². The molecule has 0 saturated carbocycles. The molecule has 0 aliphatic heterocycles. The molecule has 0 aliphatic rings. The first kappa shape index (κ1) is 11.9. The smallest absolute Gasteiger partial charge is 0.120 e. The molecule has 1 N–H and O–H groups in total. The first-order chi connectivity index (χ1) is 6.07. The number of aliphatic imine (C=N–C) groups is 1. The normalized spacial score (nSPS) is 10.4. The van der Waals surface area contributed by atoms with Crippen LogP contribution in [-0.4, -0.2) is 38.3 Å². The Labute approximate surface area is 80.8 Å². The van der Waals surface area contributed by atoms with Gasteiger partial charge in [0.25, 0.3) is 0 Å². The number of hydrogen-bond donors (Lipinski definition) is 1. The standard InChI is InChI=1S/C10H19N3/c1-9(2)8-12-10(3)13(5)7-6-11-4/h8,11H,1,3,6-7H2,2,4-5H3/b12-8-. The van der Waals surface area contributed by atoms with Crippen LogP contribution in [0.25, 0.3) is 0 Å². The quantitative estimate of drug-likeness (QED) is 0.625. The summed E-state index contributed by atoms with van der Waals surface area (Å²) in [5.41, 5.74) is 0.933. The molecule has 0 aliphatic carbocycles. The van der Waals surface area contributed by atoms with E-state index in [0.29, 0.717) is 0 Å². The van der Waals surface area contributed by atoms with Crippen LogP contribution in [0.3, 0.4) is 0 Å². The lowest BCUT2D eigenvalue weighted by Crippen LogP contribution is -2.25. The lowest BCUT2D eigenvalue weighted by Gasteiger charge is -2.17. The number of likely N-dealkylation sites (N-methyl/N-ethyl adjacent to an activating group) is 2. The van der Waals surface area contributed by atoms with E-state index in [1.807, 2.05) is 25.9 Å². The number of allylic oxidation sites excluding steroid dienone is 1. The Morgan fingerprint density at radius 1 is 1.54 bits per heavy atom. The highest BCUT2D eigenvalue weighted by Gasteiger charge is 1.97. The number of hydrogen-bond acceptors (Lipinski definition) is 3. The van der Waals surface area contributed by atoms with Gasteiger partial charge >= 0.3 is 0 Å². The second-order valence-corrected chi connectivity index (χ2v) is 3.05. The molecule has 0 radical (unpaired) electrons. The third kappa shape index (κ3) is 6.11. The summed E-state index contributed by atoms with van der Waals surface area (Å²) in [6.45, 7) is 11.3. The average molecular weight is 181 g/mol. The first-order valence-corrected chi connectivity index (χ1v) is 4.32. The van der Waals surface area contributed by atoms with Gasteiger partial charge in [-0.3, -0.25) is 0 Å². The average Bonchev–Trinajstić information content (AvgIpc) is 2.10. The fraction of sp³-hybridized carbons (Fsp3) is 0.500. The second-order valence-electron chi connectivity index (χ2n) is 3.05. The molecule has 0 saturated heterocycles. The molecule has 0 unspecified atom stereocenters. The molecule has 3 nitrogen and oxygen atoms in total. The predicted molar refractivity (Wildman–Crippen MR) is 59.0 cm³/mol. The monoisotopic (exact) mass is 181 g/mol. The van der Waals surface area contributed by atoms with Crippen LogP contribution >= 0.6 is 0 Å². The molecule has 0 fully saturated rings. The molecule has 0 aromatic carbocycles. The van der Waals surface area contributed by atoms with Crippen molar-refractivity contribution < 1.29 is 0 Å². The Morgan fingerprint density at radius 2 is 2.15 bits per heavy atom. The zero-order chi connectivity index (χ0) is 10.3. The van der Waals surface area contributed by atoms with Crippen LogP contribution in [0.1, 0.15) is 6.92 Å². The largest absolute Gasteiger partial charge is 0.359 e. The van der Waals surface area contributed by atoms with E-state index < -0.39 is 0 Å². The van der Waals surface area contributed by atoms with Crippen molar-refractivity contribution in [1.29, 1.82) is 0 Å². The molecule has 0 aromatic rings. The van der Waals surface area contributed by atoms with Crippen LogP contribution in [-0.2, 0) is 0 Å². The van der Waals surface area contributed by atoms with E-state index in [2.05, 4.69) is 23.5 Å². The molecule has 0 rings (SSSR count). The molecule has 0 heterocycles. The van der Waals surface area contributed by atoms with Gasteiger partial charge in [-0.05, 0) is 19.5 Å². The highest BCUT2D eigenvalue weighted by molar-refractivity contribution is 5.77. The molecular formula is C10H19N3. The lowest BCUT2D eigenvalue weighted by molar-refractivity contribution is 0.414. The van der Waals surface area contributed by atoms with Gasteiger partial charge in [0.1, 0.15) is 5.82 Å². The lowest BCUT2D eigenvalue weighted by atomic mass is 10.4. The Morgan fingerprint density at radius 3 is 2.62 bits per heavy atom. The summed E-state index contributed by atoms with van der Waals surface area (Å²) in [7, 11) is 3.89. The third-order valence-corrected chi connectivity index (χ3v) is 1.57. The van der Waals surface area contributed by atoms with E-state index >= 15 is 0 Å². The van der Waals surface area contributed by atoms with E-state index in [1.54, 1.807) is 6.21 Å². The fourth-order valence-corrected chi connectivity index (χ4v) is 0.692. The maximum Gasteiger partial charge on any atom is 0.120 e. The summed E-state index contributed by atoms with van der Waals surface area (Å²) >= 11 is 0. The van der Waals surface area contributed by atoms with Gasteiger partial charge in [-0.1, -0.05) is 13.2 Å². The Kier molecular flexibility index (Phi) is 5.89. The van der Waals surface area contributed by atoms with Crippen LogP contribution in [0.5, 0.6) is 0 Å². The minimum Gasteiger partial charge on any atom is -0.359 e. The Hall–Kier alpha value is -1.09. The molecule has 0 aromatic heterocycles. The van der Waals surface area contributed by atoms with Crippen LogP contribution in [0.2, 0.25) is 0 Å². The SMILES string of the molecule is C=C(C)/C=N\C(=C)N(C)CCNC. The van der Waals surface area contributed by atoms with Crippen molar-refractivity contribution in [1.82, 2.24) is 10.2 Å². The number of nitrogens with zero attached hydrogens (tertiary/aromatic N) is 2. The van der Waals surface area contributed by atoms with E-state index in [0.717, 1.165) is 24.5 Å². The Bertz CT molecular complexity index is 206. The van der Waals surface area contributed by atoms with Gasteiger partial charge in [-0.15, -0.1) is 0 Å². The minimum atomic E-state index is 0.762. The zero-order valence-corrected chi connectivity index (χ0v) is 8.80. The van der Waals surface area contributed by atoms with E-state index in [1.165, 1.54) is 0 Å². The van der Waals surface area contributed by atoms with Gasteiger partial charge in [0, 0.05) is 26.4 Å². The van der Waals surface area contributed by atoms with Crippen molar-refractivity contribution in [3.8, 4) is 0 Å². The Balaban J connectivity index is 3.89. The van der Waals surface area contributed by atoms with Crippen molar-refractivity contribution in [3.05, 3.63) is 24.6 Å². The molecule has 0 spiro atoms. The summed E-state index contributed by atoms with van der Waals surface area (Å²) in [5, 5.41) is 3.07. The van der Waals surface area contributed by atoms with Crippen molar-refractivity contribution in [2.45, 2.75) is 6.92 Å². The van der Waals surface area contributed by atoms with Gasteiger partial charge in [0.15, 0.2) is 0 Å². The summed E-state index contributed by atoms with van der Waals surface area (Å²) in [6.07, 6.45) is 1.72. The summed E-state index contributed by atoms with van der Waals surface area (Å²) in [4.78, 5) is 6.15. The molecule has 74 valence electrons. The van der Waals surface area contributed by atoms with E-state index in [9.17, 15) is 0 Å². The van der Waals surface area contributed by atoms with Gasteiger partial charge in [-0.25, -0.2) is 4.99 Å². The van der Waals surface area contributed by atoms with Crippen LogP contribution in [0.4, 0.5) is 0 Å². The highest BCUT2D eigenvalue weighted by Crippen LogP contribution is 1.98. The summed E-state index contributed by atoms with van der Waals surface area (Å²) in [6, 6.07) is 0. The van der Waals surface area contributed by atoms with Crippen molar-refractivity contribution in [2.24, 2.45) is 4.99 Å². The molecular weight excluding hydrogens is 162 g/mol.